The SMILES string of the molecule is CN=C(N=C(N)N)Nc1c[nH]c(C)c1. The molecular weight excluding hydrogens is 180 g/mol. The number of hydrogen-bond donors (Lipinski definition) is 4. The van der Waals surface area contributed by atoms with Crippen LogP contribution in [0, 0.1) is 6.92 Å². The van der Waals surface area contributed by atoms with Crippen LogP contribution in [-0.4, -0.2) is 24.0 Å². The van der Waals surface area contributed by atoms with E-state index in [0.717, 1.165) is 11.4 Å². The maximum atomic E-state index is 5.23. The van der Waals surface area contributed by atoms with Crippen LogP contribution >= 0.6 is 0 Å². The molecule has 0 amide bonds. The van der Waals surface area contributed by atoms with Gasteiger partial charge in [0.1, 0.15) is 0 Å². The number of aromatic nitrogens is 1. The maximum absolute atomic E-state index is 5.23. The number of rotatable bonds is 1. The van der Waals surface area contributed by atoms with Crippen molar-refractivity contribution in [2.75, 3.05) is 12.4 Å². The molecule has 1 aromatic rings. The predicted molar refractivity (Wildman–Crippen MR) is 58.3 cm³/mol. The fourth-order valence-corrected chi connectivity index (χ4v) is 0.966. The second-order valence-electron chi connectivity index (χ2n) is 2.78. The molecule has 0 saturated heterocycles. The minimum atomic E-state index is -0.0228. The summed E-state index contributed by atoms with van der Waals surface area (Å²) in [6.45, 7) is 1.95. The number of anilines is 1. The summed E-state index contributed by atoms with van der Waals surface area (Å²) < 4.78 is 0. The molecule has 0 aliphatic carbocycles. The first-order chi connectivity index (χ1) is 6.61. The van der Waals surface area contributed by atoms with Crippen molar-refractivity contribution in [3.63, 3.8) is 0 Å². The molecular formula is C8H14N6. The molecule has 0 unspecified atom stereocenters. The van der Waals surface area contributed by atoms with Crippen LogP contribution in [0.15, 0.2) is 22.2 Å². The lowest BCUT2D eigenvalue weighted by molar-refractivity contribution is 1.27. The first-order valence-corrected chi connectivity index (χ1v) is 4.10. The zero-order valence-corrected chi connectivity index (χ0v) is 8.20. The number of nitrogens with one attached hydrogen (secondary N) is 2. The third-order valence-electron chi connectivity index (χ3n) is 1.53. The maximum Gasteiger partial charge on any atom is 0.225 e. The molecule has 0 atom stereocenters. The molecule has 0 spiro atoms. The van der Waals surface area contributed by atoms with Gasteiger partial charge in [0.25, 0.3) is 0 Å². The van der Waals surface area contributed by atoms with Crippen molar-refractivity contribution >= 4 is 17.6 Å². The van der Waals surface area contributed by atoms with Gasteiger partial charge in [-0.1, -0.05) is 0 Å². The topological polar surface area (TPSA) is 105 Å². The second-order valence-corrected chi connectivity index (χ2v) is 2.78. The molecule has 0 aliphatic heterocycles. The summed E-state index contributed by atoms with van der Waals surface area (Å²) in [5, 5.41) is 2.95. The van der Waals surface area contributed by atoms with Gasteiger partial charge < -0.3 is 21.8 Å². The lowest BCUT2D eigenvalue weighted by Gasteiger charge is -2.01. The van der Waals surface area contributed by atoms with Gasteiger partial charge in [0.15, 0.2) is 5.96 Å². The van der Waals surface area contributed by atoms with E-state index in [-0.39, 0.29) is 5.96 Å². The minimum absolute atomic E-state index is 0.0228. The smallest absolute Gasteiger partial charge is 0.225 e. The van der Waals surface area contributed by atoms with Crippen LogP contribution in [-0.2, 0) is 0 Å². The van der Waals surface area contributed by atoms with Crippen molar-refractivity contribution in [2.45, 2.75) is 6.92 Å². The van der Waals surface area contributed by atoms with Crippen molar-refractivity contribution in [1.29, 1.82) is 0 Å². The number of nitrogens with two attached hydrogens (primary N) is 2. The average molecular weight is 194 g/mol. The first kappa shape index (κ1) is 10.1. The molecule has 0 aromatic carbocycles. The van der Waals surface area contributed by atoms with Crippen LogP contribution in [0.3, 0.4) is 0 Å². The van der Waals surface area contributed by atoms with Crippen molar-refractivity contribution < 1.29 is 0 Å². The summed E-state index contributed by atoms with van der Waals surface area (Å²) in [5.74, 6) is 0.356. The van der Waals surface area contributed by atoms with Gasteiger partial charge in [0.2, 0.25) is 5.96 Å². The van der Waals surface area contributed by atoms with Crippen LogP contribution in [0.4, 0.5) is 5.69 Å². The third-order valence-corrected chi connectivity index (χ3v) is 1.53. The van der Waals surface area contributed by atoms with E-state index in [1.165, 1.54) is 0 Å². The summed E-state index contributed by atoms with van der Waals surface area (Å²) >= 11 is 0. The van der Waals surface area contributed by atoms with Gasteiger partial charge in [-0.3, -0.25) is 4.99 Å². The monoisotopic (exact) mass is 194 g/mol. The molecule has 0 saturated carbocycles. The fraction of sp³-hybridized carbons (Fsp3) is 0.250. The summed E-state index contributed by atoms with van der Waals surface area (Å²) in [6.07, 6.45) is 1.81. The van der Waals surface area contributed by atoms with E-state index >= 15 is 0 Å². The van der Waals surface area contributed by atoms with Gasteiger partial charge in [-0.05, 0) is 13.0 Å². The standard InChI is InChI=1S/C8H14N6/c1-5-3-6(4-12-5)13-8(11-2)14-7(9)10/h3-4,12H,1-2H3,(H5,9,10,11,13,14). The van der Waals surface area contributed by atoms with E-state index in [2.05, 4.69) is 20.3 Å². The largest absolute Gasteiger partial charge is 0.370 e. The Hall–Kier alpha value is -1.98. The van der Waals surface area contributed by atoms with Gasteiger partial charge in [0, 0.05) is 18.9 Å². The van der Waals surface area contributed by atoms with Crippen molar-refractivity contribution in [2.24, 2.45) is 21.5 Å². The number of guanidine groups is 2. The first-order valence-electron chi connectivity index (χ1n) is 4.10. The highest BCUT2D eigenvalue weighted by Gasteiger charge is 1.98. The molecule has 6 nitrogen and oxygen atoms in total. The quantitative estimate of drug-likeness (QED) is 0.373. The van der Waals surface area contributed by atoms with Crippen LogP contribution in [0.5, 0.6) is 0 Å². The Labute approximate surface area is 82.1 Å². The predicted octanol–water partition coefficient (Wildman–Crippen LogP) is -0.00578. The molecule has 0 bridgehead atoms. The summed E-state index contributed by atoms with van der Waals surface area (Å²) in [4.78, 5) is 10.7. The van der Waals surface area contributed by atoms with Gasteiger partial charge in [0.05, 0.1) is 5.69 Å². The normalized spacial score (nSPS) is 11.1. The summed E-state index contributed by atoms with van der Waals surface area (Å²) in [5.41, 5.74) is 12.4. The number of aliphatic imine (C=N–C) groups is 2. The van der Waals surface area contributed by atoms with Crippen molar-refractivity contribution in [1.82, 2.24) is 4.98 Å². The molecule has 0 aliphatic rings. The zero-order valence-electron chi connectivity index (χ0n) is 8.20. The lowest BCUT2D eigenvalue weighted by Crippen LogP contribution is -2.26. The Morgan fingerprint density at radius 3 is 2.64 bits per heavy atom. The van der Waals surface area contributed by atoms with E-state index < -0.39 is 0 Å². The average Bonchev–Trinajstić information content (AvgIpc) is 2.49. The summed E-state index contributed by atoms with van der Waals surface area (Å²) in [6, 6.07) is 1.92. The van der Waals surface area contributed by atoms with Crippen LogP contribution in [0.1, 0.15) is 5.69 Å². The molecule has 6 N–H and O–H groups in total. The molecule has 6 heteroatoms. The Bertz CT molecular complexity index is 358. The lowest BCUT2D eigenvalue weighted by atomic mass is 10.4. The highest BCUT2D eigenvalue weighted by Crippen LogP contribution is 2.08. The fourth-order valence-electron chi connectivity index (χ4n) is 0.966. The number of hydrogen-bond acceptors (Lipinski definition) is 1. The van der Waals surface area contributed by atoms with Crippen molar-refractivity contribution in [3.8, 4) is 0 Å². The molecule has 1 rings (SSSR count). The number of aryl methyl sites for hydroxylation is 1. The van der Waals surface area contributed by atoms with Gasteiger partial charge in [-0.2, -0.15) is 4.99 Å². The number of nitrogens with zero attached hydrogens (tertiary/aromatic N) is 2. The van der Waals surface area contributed by atoms with E-state index in [0.29, 0.717) is 5.96 Å². The molecule has 0 radical (unpaired) electrons. The number of aromatic amines is 1. The Morgan fingerprint density at radius 1 is 1.50 bits per heavy atom. The molecule has 1 aromatic heterocycles. The van der Waals surface area contributed by atoms with E-state index in [1.54, 1.807) is 7.05 Å². The Balaban J connectivity index is 2.72. The zero-order chi connectivity index (χ0) is 10.6. The molecule has 14 heavy (non-hydrogen) atoms. The Morgan fingerprint density at radius 2 is 2.21 bits per heavy atom. The van der Waals surface area contributed by atoms with Gasteiger partial charge >= 0.3 is 0 Å². The van der Waals surface area contributed by atoms with Crippen LogP contribution in [0.2, 0.25) is 0 Å². The Kier molecular flexibility index (Phi) is 3.11. The van der Waals surface area contributed by atoms with E-state index in [4.69, 9.17) is 11.5 Å². The molecule has 0 fully saturated rings. The second kappa shape index (κ2) is 4.31. The van der Waals surface area contributed by atoms with Gasteiger partial charge in [-0.15, -0.1) is 0 Å². The van der Waals surface area contributed by atoms with Crippen LogP contribution < -0.4 is 16.8 Å². The molecule has 76 valence electrons. The minimum Gasteiger partial charge on any atom is -0.370 e. The van der Waals surface area contributed by atoms with Gasteiger partial charge in [-0.25, -0.2) is 0 Å². The van der Waals surface area contributed by atoms with Crippen molar-refractivity contribution in [3.05, 3.63) is 18.0 Å². The van der Waals surface area contributed by atoms with E-state index in [1.807, 2.05) is 19.2 Å². The summed E-state index contributed by atoms with van der Waals surface area (Å²) in [7, 11) is 1.61. The number of H-pyrrole nitrogens is 1. The third kappa shape index (κ3) is 2.81. The highest BCUT2D eigenvalue weighted by atomic mass is 15.2. The molecule has 1 heterocycles. The van der Waals surface area contributed by atoms with E-state index in [9.17, 15) is 0 Å². The van der Waals surface area contributed by atoms with Crippen LogP contribution in [0.25, 0.3) is 0 Å². The highest BCUT2D eigenvalue weighted by molar-refractivity contribution is 6.01.